The predicted molar refractivity (Wildman–Crippen MR) is 77.4 cm³/mol. The number of ether oxygens (including phenoxy) is 2. The zero-order chi connectivity index (χ0) is 14.4. The van der Waals surface area contributed by atoms with Crippen molar-refractivity contribution in [3.05, 3.63) is 0 Å². The number of halogens is 2. The maximum absolute atomic E-state index is 12.0. The summed E-state index contributed by atoms with van der Waals surface area (Å²) in [5.41, 5.74) is 6.26. The van der Waals surface area contributed by atoms with Gasteiger partial charge in [0.15, 0.2) is 0 Å². The van der Waals surface area contributed by atoms with E-state index in [1.807, 2.05) is 11.8 Å². The van der Waals surface area contributed by atoms with Crippen LogP contribution in [0.2, 0.25) is 0 Å². The molecule has 0 radical (unpaired) electrons. The molecule has 2 heterocycles. The van der Waals surface area contributed by atoms with Crippen molar-refractivity contribution < 1.29 is 18.3 Å². The first kappa shape index (κ1) is 16.5. The topological polar surface area (TPSA) is 44.5 Å². The highest BCUT2D eigenvalue weighted by molar-refractivity contribution is 7.99. The Hall–Kier alpha value is 0.0900. The van der Waals surface area contributed by atoms with Gasteiger partial charge in [0.2, 0.25) is 0 Å². The minimum absolute atomic E-state index is 0.0306. The largest absolute Gasteiger partial charge is 0.375 e. The van der Waals surface area contributed by atoms with Crippen molar-refractivity contribution in [1.82, 2.24) is 0 Å². The summed E-state index contributed by atoms with van der Waals surface area (Å²) in [6, 6.07) is 0.0306. The Balaban J connectivity index is 1.73. The second-order valence-corrected chi connectivity index (χ2v) is 7.04. The van der Waals surface area contributed by atoms with E-state index < -0.39 is 13.0 Å². The van der Waals surface area contributed by atoms with Crippen LogP contribution in [0.15, 0.2) is 0 Å². The van der Waals surface area contributed by atoms with Crippen LogP contribution in [0, 0.1) is 5.92 Å². The standard InChI is InChI=1S/C14H25F2NO2S/c15-13(16)10-18-5-2-12(17)11-1-6-19-14(9-11)3-7-20-8-4-14/h11-13H,1-10,17H2. The smallest absolute Gasteiger partial charge is 0.261 e. The minimum Gasteiger partial charge on any atom is -0.375 e. The number of thioether (sulfide) groups is 1. The van der Waals surface area contributed by atoms with E-state index in [0.29, 0.717) is 18.9 Å². The van der Waals surface area contributed by atoms with E-state index in [1.165, 1.54) is 11.5 Å². The zero-order valence-corrected chi connectivity index (χ0v) is 12.7. The Bertz CT molecular complexity index is 283. The molecule has 118 valence electrons. The van der Waals surface area contributed by atoms with Crippen molar-refractivity contribution >= 4 is 11.8 Å². The fourth-order valence-corrected chi connectivity index (χ4v) is 4.39. The van der Waals surface area contributed by atoms with Crippen LogP contribution in [-0.2, 0) is 9.47 Å². The minimum atomic E-state index is -2.39. The summed E-state index contributed by atoms with van der Waals surface area (Å²) < 4.78 is 34.9. The Labute approximate surface area is 123 Å². The average molecular weight is 309 g/mol. The van der Waals surface area contributed by atoms with Crippen molar-refractivity contribution in [2.24, 2.45) is 11.7 Å². The van der Waals surface area contributed by atoms with E-state index in [1.54, 1.807) is 0 Å². The summed E-state index contributed by atoms with van der Waals surface area (Å²) in [5, 5.41) is 0. The van der Waals surface area contributed by atoms with Crippen molar-refractivity contribution in [2.45, 2.75) is 50.2 Å². The van der Waals surface area contributed by atoms with E-state index in [-0.39, 0.29) is 11.6 Å². The van der Waals surface area contributed by atoms with Gasteiger partial charge in [-0.05, 0) is 49.5 Å². The molecule has 0 saturated carbocycles. The van der Waals surface area contributed by atoms with E-state index in [4.69, 9.17) is 15.2 Å². The van der Waals surface area contributed by atoms with Crippen molar-refractivity contribution in [2.75, 3.05) is 31.3 Å². The lowest BCUT2D eigenvalue weighted by molar-refractivity contribution is -0.106. The molecule has 2 fully saturated rings. The van der Waals surface area contributed by atoms with Gasteiger partial charge in [-0.15, -0.1) is 0 Å². The number of hydrogen-bond acceptors (Lipinski definition) is 4. The molecule has 0 aromatic rings. The molecule has 2 aliphatic heterocycles. The van der Waals surface area contributed by atoms with Crippen LogP contribution >= 0.6 is 11.8 Å². The molecule has 0 aliphatic carbocycles. The van der Waals surface area contributed by atoms with Crippen molar-refractivity contribution in [3.8, 4) is 0 Å². The van der Waals surface area contributed by atoms with Gasteiger partial charge < -0.3 is 15.2 Å². The van der Waals surface area contributed by atoms with Crippen LogP contribution in [0.5, 0.6) is 0 Å². The van der Waals surface area contributed by atoms with Crippen LogP contribution in [0.3, 0.4) is 0 Å². The van der Waals surface area contributed by atoms with Gasteiger partial charge in [-0.2, -0.15) is 11.8 Å². The molecule has 6 heteroatoms. The second-order valence-electron chi connectivity index (χ2n) is 5.82. The molecular formula is C14H25F2NO2S. The Kier molecular flexibility index (Phi) is 6.52. The Morgan fingerprint density at radius 3 is 2.80 bits per heavy atom. The van der Waals surface area contributed by atoms with Gasteiger partial charge in [0.1, 0.15) is 6.61 Å². The fourth-order valence-electron chi connectivity index (χ4n) is 3.15. The normalized spacial score (nSPS) is 27.9. The molecular weight excluding hydrogens is 284 g/mol. The Morgan fingerprint density at radius 1 is 1.35 bits per heavy atom. The average Bonchev–Trinajstić information content (AvgIpc) is 2.44. The van der Waals surface area contributed by atoms with Crippen LogP contribution in [-0.4, -0.2) is 49.4 Å². The number of alkyl halides is 2. The molecule has 0 bridgehead atoms. The Morgan fingerprint density at radius 2 is 2.10 bits per heavy atom. The maximum Gasteiger partial charge on any atom is 0.261 e. The molecule has 0 amide bonds. The highest BCUT2D eigenvalue weighted by Crippen LogP contribution is 2.40. The molecule has 2 unspecified atom stereocenters. The molecule has 1 spiro atoms. The van der Waals surface area contributed by atoms with Crippen LogP contribution in [0.25, 0.3) is 0 Å². The van der Waals surface area contributed by atoms with Crippen molar-refractivity contribution in [1.29, 1.82) is 0 Å². The van der Waals surface area contributed by atoms with Gasteiger partial charge in [-0.25, -0.2) is 8.78 Å². The lowest BCUT2D eigenvalue weighted by Crippen LogP contribution is -2.47. The molecule has 2 atom stereocenters. The maximum atomic E-state index is 12.0. The SMILES string of the molecule is NC(CCOCC(F)F)C1CCOC2(CCSCC2)C1. The second kappa shape index (κ2) is 7.92. The highest BCUT2D eigenvalue weighted by atomic mass is 32.2. The highest BCUT2D eigenvalue weighted by Gasteiger charge is 2.40. The molecule has 2 saturated heterocycles. The lowest BCUT2D eigenvalue weighted by Gasteiger charge is -2.44. The molecule has 2 rings (SSSR count). The first-order valence-corrected chi connectivity index (χ1v) is 8.60. The molecule has 20 heavy (non-hydrogen) atoms. The van der Waals surface area contributed by atoms with Gasteiger partial charge in [0, 0.05) is 19.3 Å². The van der Waals surface area contributed by atoms with E-state index in [9.17, 15) is 8.78 Å². The first-order chi connectivity index (χ1) is 9.61. The predicted octanol–water partition coefficient (Wildman–Crippen LogP) is 2.68. The van der Waals surface area contributed by atoms with Gasteiger partial charge in [-0.1, -0.05) is 0 Å². The number of nitrogens with two attached hydrogens (primary N) is 1. The van der Waals surface area contributed by atoms with Gasteiger partial charge in [0.05, 0.1) is 5.60 Å². The monoisotopic (exact) mass is 309 g/mol. The summed E-state index contributed by atoms with van der Waals surface area (Å²) in [6.45, 7) is 0.619. The lowest BCUT2D eigenvalue weighted by atomic mass is 9.78. The quantitative estimate of drug-likeness (QED) is 0.766. The summed E-state index contributed by atoms with van der Waals surface area (Å²) in [4.78, 5) is 0. The fraction of sp³-hybridized carbons (Fsp3) is 1.00. The zero-order valence-electron chi connectivity index (χ0n) is 11.9. The summed E-state index contributed by atoms with van der Waals surface area (Å²) in [5.74, 6) is 2.76. The number of hydrogen-bond donors (Lipinski definition) is 1. The summed E-state index contributed by atoms with van der Waals surface area (Å²) in [7, 11) is 0. The molecule has 0 aromatic heterocycles. The molecule has 0 aromatic carbocycles. The first-order valence-electron chi connectivity index (χ1n) is 7.44. The molecule has 2 N–H and O–H groups in total. The van der Waals surface area contributed by atoms with Gasteiger partial charge in [0.25, 0.3) is 6.43 Å². The third kappa shape index (κ3) is 4.83. The van der Waals surface area contributed by atoms with E-state index >= 15 is 0 Å². The van der Waals surface area contributed by atoms with Crippen LogP contribution < -0.4 is 5.73 Å². The van der Waals surface area contributed by atoms with Crippen molar-refractivity contribution in [3.63, 3.8) is 0 Å². The summed E-state index contributed by atoms with van der Waals surface area (Å²) in [6.07, 6.45) is 2.49. The van der Waals surface area contributed by atoms with Crippen LogP contribution in [0.1, 0.15) is 32.1 Å². The third-order valence-electron chi connectivity index (χ3n) is 4.38. The van der Waals surface area contributed by atoms with E-state index in [2.05, 4.69) is 0 Å². The third-order valence-corrected chi connectivity index (χ3v) is 5.37. The van der Waals surface area contributed by atoms with E-state index in [0.717, 1.165) is 32.3 Å². The molecule has 2 aliphatic rings. The van der Waals surface area contributed by atoms with Gasteiger partial charge >= 0.3 is 0 Å². The number of rotatable bonds is 6. The van der Waals surface area contributed by atoms with Gasteiger partial charge in [-0.3, -0.25) is 0 Å². The summed E-state index contributed by atoms with van der Waals surface area (Å²) >= 11 is 1.99. The molecule has 3 nitrogen and oxygen atoms in total. The van der Waals surface area contributed by atoms with Crippen LogP contribution in [0.4, 0.5) is 8.78 Å².